The SMILES string of the molecule is CC(O)(C#Cc1ccn2nccc2n1)c1ccccc1. The second-order valence-electron chi connectivity index (χ2n) is 4.63. The van der Waals surface area contributed by atoms with Gasteiger partial charge in [0.2, 0.25) is 0 Å². The van der Waals surface area contributed by atoms with Crippen LogP contribution in [0.2, 0.25) is 0 Å². The van der Waals surface area contributed by atoms with E-state index in [1.165, 1.54) is 0 Å². The summed E-state index contributed by atoms with van der Waals surface area (Å²) >= 11 is 0. The molecule has 1 atom stereocenters. The lowest BCUT2D eigenvalue weighted by molar-refractivity contribution is 0.122. The van der Waals surface area contributed by atoms with E-state index in [9.17, 15) is 5.11 Å². The van der Waals surface area contributed by atoms with Crippen molar-refractivity contribution in [3.8, 4) is 11.8 Å². The van der Waals surface area contributed by atoms with Gasteiger partial charge in [0.25, 0.3) is 0 Å². The Hall–Kier alpha value is -2.64. The molecule has 0 saturated heterocycles. The van der Waals surface area contributed by atoms with Crippen molar-refractivity contribution in [2.24, 2.45) is 0 Å². The smallest absolute Gasteiger partial charge is 0.156 e. The summed E-state index contributed by atoms with van der Waals surface area (Å²) in [7, 11) is 0. The Balaban J connectivity index is 1.94. The van der Waals surface area contributed by atoms with Crippen LogP contribution in [0.25, 0.3) is 5.65 Å². The summed E-state index contributed by atoms with van der Waals surface area (Å²) in [6, 6.07) is 12.9. The molecule has 0 saturated carbocycles. The maximum Gasteiger partial charge on any atom is 0.156 e. The summed E-state index contributed by atoms with van der Waals surface area (Å²) in [6.07, 6.45) is 3.48. The topological polar surface area (TPSA) is 50.4 Å². The zero-order valence-electron chi connectivity index (χ0n) is 11.0. The van der Waals surface area contributed by atoms with Crippen molar-refractivity contribution in [2.75, 3.05) is 0 Å². The van der Waals surface area contributed by atoms with E-state index < -0.39 is 5.60 Å². The summed E-state index contributed by atoms with van der Waals surface area (Å²) in [5, 5.41) is 14.5. The second kappa shape index (κ2) is 4.80. The zero-order chi connectivity index (χ0) is 14.0. The molecule has 4 nitrogen and oxygen atoms in total. The van der Waals surface area contributed by atoms with Crippen LogP contribution in [0.15, 0.2) is 54.9 Å². The average molecular weight is 263 g/mol. The summed E-state index contributed by atoms with van der Waals surface area (Å²) < 4.78 is 1.67. The van der Waals surface area contributed by atoms with Gasteiger partial charge in [-0.25, -0.2) is 9.50 Å². The molecule has 1 N–H and O–H groups in total. The van der Waals surface area contributed by atoms with Crippen LogP contribution in [0, 0.1) is 11.8 Å². The minimum Gasteiger partial charge on any atom is -0.374 e. The predicted octanol–water partition coefficient (Wildman–Crippen LogP) is 1.99. The van der Waals surface area contributed by atoms with Gasteiger partial charge in [-0.2, -0.15) is 5.10 Å². The molecule has 20 heavy (non-hydrogen) atoms. The van der Waals surface area contributed by atoms with Crippen molar-refractivity contribution < 1.29 is 5.11 Å². The molecule has 1 aromatic carbocycles. The van der Waals surface area contributed by atoms with E-state index in [-0.39, 0.29) is 0 Å². The fourth-order valence-electron chi connectivity index (χ4n) is 1.90. The molecule has 0 aliphatic heterocycles. The lowest BCUT2D eigenvalue weighted by Gasteiger charge is -2.16. The predicted molar refractivity (Wildman–Crippen MR) is 75.9 cm³/mol. The molecular formula is C16H13N3O. The van der Waals surface area contributed by atoms with Gasteiger partial charge in [0.15, 0.2) is 5.65 Å². The Morgan fingerprint density at radius 1 is 1.15 bits per heavy atom. The Bertz CT molecular complexity index is 794. The van der Waals surface area contributed by atoms with E-state index in [0.29, 0.717) is 5.69 Å². The first kappa shape index (κ1) is 12.4. The largest absolute Gasteiger partial charge is 0.374 e. The van der Waals surface area contributed by atoms with Crippen molar-refractivity contribution in [3.05, 3.63) is 66.1 Å². The second-order valence-corrected chi connectivity index (χ2v) is 4.63. The van der Waals surface area contributed by atoms with Gasteiger partial charge in [-0.15, -0.1) is 0 Å². The highest BCUT2D eigenvalue weighted by molar-refractivity contribution is 5.42. The molecule has 2 aromatic heterocycles. The first-order chi connectivity index (χ1) is 9.65. The monoisotopic (exact) mass is 263 g/mol. The third-order valence-corrected chi connectivity index (χ3v) is 3.03. The van der Waals surface area contributed by atoms with Crippen LogP contribution in [0.3, 0.4) is 0 Å². The van der Waals surface area contributed by atoms with E-state index in [1.807, 2.05) is 30.3 Å². The Morgan fingerprint density at radius 3 is 2.75 bits per heavy atom. The van der Waals surface area contributed by atoms with Gasteiger partial charge in [-0.05, 0) is 24.5 Å². The van der Waals surface area contributed by atoms with Gasteiger partial charge in [-0.1, -0.05) is 36.3 Å². The maximum absolute atomic E-state index is 10.4. The number of hydrogen-bond donors (Lipinski definition) is 1. The first-order valence-corrected chi connectivity index (χ1v) is 6.27. The molecule has 0 bridgehead atoms. The van der Waals surface area contributed by atoms with Gasteiger partial charge >= 0.3 is 0 Å². The molecule has 3 rings (SSSR count). The van der Waals surface area contributed by atoms with E-state index in [2.05, 4.69) is 21.9 Å². The van der Waals surface area contributed by atoms with Crippen LogP contribution >= 0.6 is 0 Å². The number of nitrogens with zero attached hydrogens (tertiary/aromatic N) is 3. The summed E-state index contributed by atoms with van der Waals surface area (Å²) in [6.45, 7) is 1.67. The molecule has 98 valence electrons. The number of aliphatic hydroxyl groups is 1. The first-order valence-electron chi connectivity index (χ1n) is 6.27. The van der Waals surface area contributed by atoms with E-state index >= 15 is 0 Å². The Kier molecular flexibility index (Phi) is 2.97. The third-order valence-electron chi connectivity index (χ3n) is 3.03. The number of fused-ring (bicyclic) bond motifs is 1. The summed E-state index contributed by atoms with van der Waals surface area (Å²) in [4.78, 5) is 4.35. The minimum atomic E-state index is -1.20. The number of hydrogen-bond acceptors (Lipinski definition) is 3. The van der Waals surface area contributed by atoms with Crippen LogP contribution in [-0.4, -0.2) is 19.7 Å². The molecular weight excluding hydrogens is 250 g/mol. The minimum absolute atomic E-state index is 0.606. The van der Waals surface area contributed by atoms with E-state index in [0.717, 1.165) is 11.2 Å². The molecule has 1 unspecified atom stereocenters. The average Bonchev–Trinajstić information content (AvgIpc) is 2.94. The quantitative estimate of drug-likeness (QED) is 0.683. The molecule has 0 spiro atoms. The number of aromatic nitrogens is 3. The highest BCUT2D eigenvalue weighted by Gasteiger charge is 2.19. The van der Waals surface area contributed by atoms with Crippen molar-refractivity contribution in [1.29, 1.82) is 0 Å². The van der Waals surface area contributed by atoms with E-state index in [4.69, 9.17) is 0 Å². The summed E-state index contributed by atoms with van der Waals surface area (Å²) in [5.74, 6) is 5.77. The maximum atomic E-state index is 10.4. The zero-order valence-corrected chi connectivity index (χ0v) is 11.0. The molecule has 0 radical (unpaired) electrons. The molecule has 0 fully saturated rings. The Labute approximate surface area is 116 Å². The van der Waals surface area contributed by atoms with Crippen LogP contribution < -0.4 is 0 Å². The van der Waals surface area contributed by atoms with Gasteiger partial charge in [0.05, 0.1) is 6.20 Å². The van der Waals surface area contributed by atoms with Gasteiger partial charge in [-0.3, -0.25) is 0 Å². The highest BCUT2D eigenvalue weighted by atomic mass is 16.3. The lowest BCUT2D eigenvalue weighted by atomic mass is 9.97. The van der Waals surface area contributed by atoms with Crippen molar-refractivity contribution in [1.82, 2.24) is 14.6 Å². The third kappa shape index (κ3) is 2.40. The highest BCUT2D eigenvalue weighted by Crippen LogP contribution is 2.18. The van der Waals surface area contributed by atoms with Gasteiger partial charge in [0, 0.05) is 12.3 Å². The molecule has 0 aliphatic carbocycles. The molecule has 0 amide bonds. The fraction of sp³-hybridized carbons (Fsp3) is 0.125. The van der Waals surface area contributed by atoms with Crippen LogP contribution in [0.5, 0.6) is 0 Å². The van der Waals surface area contributed by atoms with E-state index in [1.54, 1.807) is 36.0 Å². The number of rotatable bonds is 1. The summed E-state index contributed by atoms with van der Waals surface area (Å²) in [5.41, 5.74) is 0.901. The molecule has 2 heterocycles. The molecule has 3 aromatic rings. The molecule has 4 heteroatoms. The molecule has 0 aliphatic rings. The lowest BCUT2D eigenvalue weighted by Crippen LogP contribution is -2.18. The van der Waals surface area contributed by atoms with Crippen molar-refractivity contribution in [2.45, 2.75) is 12.5 Å². The van der Waals surface area contributed by atoms with Gasteiger partial charge < -0.3 is 5.11 Å². The van der Waals surface area contributed by atoms with Gasteiger partial charge in [0.1, 0.15) is 11.3 Å². The number of benzene rings is 1. The van der Waals surface area contributed by atoms with Crippen LogP contribution in [0.1, 0.15) is 18.2 Å². The van der Waals surface area contributed by atoms with Crippen LogP contribution in [0.4, 0.5) is 0 Å². The van der Waals surface area contributed by atoms with Crippen LogP contribution in [-0.2, 0) is 5.60 Å². The van der Waals surface area contributed by atoms with Crippen molar-refractivity contribution in [3.63, 3.8) is 0 Å². The Morgan fingerprint density at radius 2 is 1.95 bits per heavy atom. The fourth-order valence-corrected chi connectivity index (χ4v) is 1.90. The van der Waals surface area contributed by atoms with Crippen molar-refractivity contribution >= 4 is 5.65 Å². The normalized spacial score (nSPS) is 13.5. The standard InChI is InChI=1S/C16H13N3O/c1-16(20,13-5-3-2-4-6-13)10-7-14-9-12-19-15(18-14)8-11-17-19/h2-6,8-9,11-12,20H,1H3.